The van der Waals surface area contributed by atoms with Gasteiger partial charge in [0, 0.05) is 17.8 Å². The second-order valence-corrected chi connectivity index (χ2v) is 11.5. The van der Waals surface area contributed by atoms with E-state index < -0.39 is 34.6 Å². The van der Waals surface area contributed by atoms with E-state index in [1.54, 1.807) is 22.7 Å². The Bertz CT molecular complexity index is 780. The smallest absolute Gasteiger partial charge is 0.308 e. The van der Waals surface area contributed by atoms with Crippen LogP contribution in [0.5, 0.6) is 0 Å². The van der Waals surface area contributed by atoms with Crippen LogP contribution in [-0.2, 0) is 14.4 Å². The number of aliphatic carboxylic acids is 1. The molecule has 2 amide bonds. The molecular formula is C24H36N2O5S. The zero-order valence-corrected chi connectivity index (χ0v) is 19.9. The number of rotatable bonds is 8. The molecule has 4 aliphatic rings. The molecule has 3 heterocycles. The van der Waals surface area contributed by atoms with Gasteiger partial charge in [-0.05, 0) is 31.6 Å². The molecular weight excluding hydrogens is 428 g/mol. The van der Waals surface area contributed by atoms with Gasteiger partial charge in [0.25, 0.3) is 0 Å². The number of aliphatic hydroxyl groups excluding tert-OH is 1. The number of carbonyl (C=O) groups is 3. The average Bonchev–Trinajstić information content (AvgIpc) is 3.37. The normalized spacial score (nSPS) is 37.4. The SMILES string of the molecule is C=CCN(C(=O)C1N([C@@H](CC)CO)C(=O)[C@@H]2[C@H](C(=O)O)[C@@H]3CC(C)C12S3)C1CCCCC1. The molecule has 8 heteroatoms. The predicted molar refractivity (Wildman–Crippen MR) is 123 cm³/mol. The summed E-state index contributed by atoms with van der Waals surface area (Å²) in [6.45, 7) is 8.01. The molecule has 2 bridgehead atoms. The van der Waals surface area contributed by atoms with Crippen molar-refractivity contribution in [1.82, 2.24) is 9.80 Å². The number of hydrogen-bond acceptors (Lipinski definition) is 5. The van der Waals surface area contributed by atoms with Gasteiger partial charge < -0.3 is 20.0 Å². The fourth-order valence-corrected chi connectivity index (χ4v) is 9.33. The van der Waals surface area contributed by atoms with E-state index >= 15 is 0 Å². The molecule has 0 radical (unpaired) electrons. The van der Waals surface area contributed by atoms with Gasteiger partial charge in [-0.2, -0.15) is 0 Å². The summed E-state index contributed by atoms with van der Waals surface area (Å²) in [5.74, 6) is -2.75. The summed E-state index contributed by atoms with van der Waals surface area (Å²) in [7, 11) is 0. The van der Waals surface area contributed by atoms with Crippen LogP contribution in [0.3, 0.4) is 0 Å². The quantitative estimate of drug-likeness (QED) is 0.536. The van der Waals surface area contributed by atoms with Crippen molar-refractivity contribution in [3.8, 4) is 0 Å². The Balaban J connectivity index is 1.80. The highest BCUT2D eigenvalue weighted by molar-refractivity contribution is 8.02. The van der Waals surface area contributed by atoms with Gasteiger partial charge in [0.2, 0.25) is 11.8 Å². The van der Waals surface area contributed by atoms with Crippen molar-refractivity contribution in [3.05, 3.63) is 12.7 Å². The molecule has 0 aromatic rings. The van der Waals surface area contributed by atoms with Gasteiger partial charge in [0.1, 0.15) is 6.04 Å². The van der Waals surface area contributed by atoms with Crippen LogP contribution < -0.4 is 0 Å². The largest absolute Gasteiger partial charge is 0.481 e. The van der Waals surface area contributed by atoms with Crippen molar-refractivity contribution >= 4 is 29.5 Å². The molecule has 4 fully saturated rings. The van der Waals surface area contributed by atoms with Gasteiger partial charge in [-0.1, -0.05) is 39.2 Å². The van der Waals surface area contributed by atoms with Crippen molar-refractivity contribution in [2.24, 2.45) is 17.8 Å². The Hall–Kier alpha value is -1.54. The summed E-state index contributed by atoms with van der Waals surface area (Å²) >= 11 is 1.56. The molecule has 1 spiro atoms. The van der Waals surface area contributed by atoms with Crippen molar-refractivity contribution < 1.29 is 24.6 Å². The van der Waals surface area contributed by atoms with Crippen LogP contribution in [0.4, 0.5) is 0 Å². The first-order valence-electron chi connectivity index (χ1n) is 12.1. The number of thioether (sulfide) groups is 1. The van der Waals surface area contributed by atoms with Gasteiger partial charge in [0.15, 0.2) is 0 Å². The predicted octanol–water partition coefficient (Wildman–Crippen LogP) is 2.53. The number of amides is 2. The van der Waals surface area contributed by atoms with Crippen molar-refractivity contribution in [3.63, 3.8) is 0 Å². The average molecular weight is 465 g/mol. The van der Waals surface area contributed by atoms with Gasteiger partial charge in [-0.3, -0.25) is 14.4 Å². The maximum Gasteiger partial charge on any atom is 0.308 e. The van der Waals surface area contributed by atoms with E-state index in [-0.39, 0.29) is 35.6 Å². The maximum atomic E-state index is 14.3. The molecule has 1 saturated carbocycles. The number of hydrogen-bond donors (Lipinski definition) is 2. The molecule has 0 aromatic carbocycles. The lowest BCUT2D eigenvalue weighted by molar-refractivity contribution is -0.150. The van der Waals surface area contributed by atoms with Crippen molar-refractivity contribution in [2.75, 3.05) is 13.2 Å². The van der Waals surface area contributed by atoms with Gasteiger partial charge in [0.05, 0.1) is 29.2 Å². The van der Waals surface area contributed by atoms with E-state index in [2.05, 4.69) is 13.5 Å². The van der Waals surface area contributed by atoms with E-state index in [0.717, 1.165) is 25.7 Å². The first-order valence-corrected chi connectivity index (χ1v) is 13.0. The summed E-state index contributed by atoms with van der Waals surface area (Å²) in [4.78, 5) is 43.8. The highest BCUT2D eigenvalue weighted by atomic mass is 32.2. The van der Waals surface area contributed by atoms with Crippen LogP contribution in [0, 0.1) is 17.8 Å². The van der Waals surface area contributed by atoms with Crippen LogP contribution in [0.1, 0.15) is 58.8 Å². The summed E-state index contributed by atoms with van der Waals surface area (Å²) in [6, 6.07) is -1.12. The lowest BCUT2D eigenvalue weighted by atomic mass is 9.66. The fourth-order valence-electron chi connectivity index (χ4n) is 6.94. The Morgan fingerprint density at radius 2 is 2.03 bits per heavy atom. The third-order valence-corrected chi connectivity index (χ3v) is 10.5. The monoisotopic (exact) mass is 464 g/mol. The standard InChI is InChI=1S/C24H36N2O5S/c1-4-11-25(16-9-7-6-8-10-16)22(29)20-24-14(3)12-17(32-24)18(23(30)31)19(24)21(28)26(20)15(5-2)13-27/h4,14-20,27H,1,5-13H2,2-3H3,(H,30,31)/t14?,15-,17-,18+,19-,20?,24?/m0/s1. The second-order valence-electron chi connectivity index (χ2n) is 9.95. The van der Waals surface area contributed by atoms with Gasteiger partial charge in [-0.25, -0.2) is 0 Å². The minimum Gasteiger partial charge on any atom is -0.481 e. The minimum atomic E-state index is -0.949. The first-order chi connectivity index (χ1) is 15.3. The summed E-state index contributed by atoms with van der Waals surface area (Å²) in [6.07, 6.45) is 8.17. The highest BCUT2D eigenvalue weighted by Gasteiger charge is 2.77. The molecule has 4 rings (SSSR count). The maximum absolute atomic E-state index is 14.3. The Morgan fingerprint density at radius 1 is 1.34 bits per heavy atom. The number of fused-ring (bicyclic) bond motifs is 1. The Kier molecular flexibility index (Phi) is 6.65. The molecule has 1 aliphatic carbocycles. The van der Waals surface area contributed by atoms with Crippen LogP contribution >= 0.6 is 11.8 Å². The van der Waals surface area contributed by atoms with Crippen molar-refractivity contribution in [2.45, 2.75) is 86.9 Å². The summed E-state index contributed by atoms with van der Waals surface area (Å²) in [5, 5.41) is 20.0. The molecule has 3 unspecified atom stereocenters. The highest BCUT2D eigenvalue weighted by Crippen LogP contribution is 2.69. The molecule has 0 aromatic heterocycles. The van der Waals surface area contributed by atoms with E-state index in [1.807, 2.05) is 11.8 Å². The molecule has 2 N–H and O–H groups in total. The van der Waals surface area contributed by atoms with Crippen LogP contribution in [-0.4, -0.2) is 79.1 Å². The zero-order valence-electron chi connectivity index (χ0n) is 19.1. The number of nitrogens with zero attached hydrogens (tertiary/aromatic N) is 2. The molecule has 7 atom stereocenters. The topological polar surface area (TPSA) is 98.2 Å². The molecule has 178 valence electrons. The van der Waals surface area contributed by atoms with E-state index in [1.165, 1.54) is 6.42 Å². The third-order valence-electron chi connectivity index (χ3n) is 8.40. The van der Waals surface area contributed by atoms with Crippen LogP contribution in [0.2, 0.25) is 0 Å². The van der Waals surface area contributed by atoms with Gasteiger partial charge >= 0.3 is 5.97 Å². The third kappa shape index (κ3) is 3.31. The van der Waals surface area contributed by atoms with Gasteiger partial charge in [-0.15, -0.1) is 18.3 Å². The fraction of sp³-hybridized carbons (Fsp3) is 0.792. The van der Waals surface area contributed by atoms with Crippen molar-refractivity contribution in [1.29, 1.82) is 0 Å². The minimum absolute atomic E-state index is 0.0501. The number of carbonyl (C=O) groups excluding carboxylic acids is 2. The lowest BCUT2D eigenvalue weighted by Crippen LogP contribution is -2.60. The molecule has 3 aliphatic heterocycles. The number of carboxylic acid groups (broad SMARTS) is 1. The van der Waals surface area contributed by atoms with E-state index in [4.69, 9.17) is 0 Å². The lowest BCUT2D eigenvalue weighted by Gasteiger charge is -2.44. The number of aliphatic hydroxyl groups is 1. The Morgan fingerprint density at radius 3 is 2.59 bits per heavy atom. The Labute approximate surface area is 194 Å². The van der Waals surface area contributed by atoms with E-state index in [0.29, 0.717) is 19.4 Å². The number of likely N-dealkylation sites (tertiary alicyclic amines) is 1. The summed E-state index contributed by atoms with van der Waals surface area (Å²) < 4.78 is -0.751. The molecule has 32 heavy (non-hydrogen) atoms. The summed E-state index contributed by atoms with van der Waals surface area (Å²) in [5.41, 5.74) is 0. The zero-order chi connectivity index (χ0) is 23.2. The van der Waals surface area contributed by atoms with Crippen LogP contribution in [0.15, 0.2) is 12.7 Å². The number of carboxylic acids is 1. The molecule has 7 nitrogen and oxygen atoms in total. The second kappa shape index (κ2) is 9.01. The first kappa shape index (κ1) is 23.6. The molecule has 3 saturated heterocycles. The van der Waals surface area contributed by atoms with Crippen LogP contribution in [0.25, 0.3) is 0 Å². The van der Waals surface area contributed by atoms with E-state index in [9.17, 15) is 24.6 Å².